The van der Waals surface area contributed by atoms with Gasteiger partial charge in [0.2, 0.25) is 0 Å². The first kappa shape index (κ1) is 13.4. The Morgan fingerprint density at radius 1 is 1.30 bits per heavy atom. The van der Waals surface area contributed by atoms with E-state index in [2.05, 4.69) is 0 Å². The number of rotatable bonds is 2. The van der Waals surface area contributed by atoms with E-state index in [-0.39, 0.29) is 11.8 Å². The molecule has 1 aliphatic heterocycles. The van der Waals surface area contributed by atoms with Crippen LogP contribution in [0, 0.1) is 11.3 Å². The van der Waals surface area contributed by atoms with Crippen LogP contribution >= 0.6 is 11.6 Å². The molecule has 106 valence electrons. The van der Waals surface area contributed by atoms with E-state index in [9.17, 15) is 14.7 Å². The Hall–Kier alpha value is -1.55. The molecule has 0 spiro atoms. The van der Waals surface area contributed by atoms with Gasteiger partial charge in [0.15, 0.2) is 0 Å². The number of amides is 1. The van der Waals surface area contributed by atoms with Gasteiger partial charge in [0.1, 0.15) is 0 Å². The highest BCUT2D eigenvalue weighted by Crippen LogP contribution is 2.49. The molecule has 1 aliphatic carbocycles. The van der Waals surface area contributed by atoms with Crippen molar-refractivity contribution in [3.05, 3.63) is 34.9 Å². The van der Waals surface area contributed by atoms with Crippen LogP contribution in [-0.2, 0) is 4.79 Å². The summed E-state index contributed by atoms with van der Waals surface area (Å²) in [6.45, 7) is 0.877. The first-order valence-electron chi connectivity index (χ1n) is 6.81. The summed E-state index contributed by atoms with van der Waals surface area (Å²) in [5, 5.41) is 10.1. The SMILES string of the molecule is O=C(c1ccc(Cl)cc1)N1C[C@@H]2CCC[C@@]2(C(=O)O)C1. The number of carbonyl (C=O) groups excluding carboxylic acids is 1. The third-order valence-electron chi connectivity index (χ3n) is 4.68. The summed E-state index contributed by atoms with van der Waals surface area (Å²) < 4.78 is 0. The van der Waals surface area contributed by atoms with Crippen molar-refractivity contribution in [1.82, 2.24) is 4.90 Å². The summed E-state index contributed by atoms with van der Waals surface area (Å²) in [5.74, 6) is -0.764. The minimum atomic E-state index is -0.758. The lowest BCUT2D eigenvalue weighted by Crippen LogP contribution is -2.37. The summed E-state index contributed by atoms with van der Waals surface area (Å²) in [6.07, 6.45) is 2.52. The van der Waals surface area contributed by atoms with Gasteiger partial charge in [-0.3, -0.25) is 9.59 Å². The smallest absolute Gasteiger partial charge is 0.311 e. The maximum absolute atomic E-state index is 12.4. The monoisotopic (exact) mass is 293 g/mol. The zero-order valence-corrected chi connectivity index (χ0v) is 11.8. The van der Waals surface area contributed by atoms with E-state index < -0.39 is 11.4 Å². The average Bonchev–Trinajstić information content (AvgIpc) is 2.96. The average molecular weight is 294 g/mol. The van der Waals surface area contributed by atoms with Crippen molar-refractivity contribution in [2.24, 2.45) is 11.3 Å². The number of hydrogen-bond acceptors (Lipinski definition) is 2. The van der Waals surface area contributed by atoms with Gasteiger partial charge in [0, 0.05) is 23.7 Å². The second-order valence-corrected chi connectivity index (χ2v) is 6.18. The summed E-state index contributed by atoms with van der Waals surface area (Å²) in [7, 11) is 0. The molecule has 2 aliphatic rings. The summed E-state index contributed by atoms with van der Waals surface area (Å²) in [6, 6.07) is 6.73. The lowest BCUT2D eigenvalue weighted by Gasteiger charge is -2.23. The predicted molar refractivity (Wildman–Crippen MR) is 74.8 cm³/mol. The Morgan fingerprint density at radius 3 is 2.60 bits per heavy atom. The molecule has 2 fully saturated rings. The normalized spacial score (nSPS) is 28.4. The fourth-order valence-electron chi connectivity index (χ4n) is 3.57. The third kappa shape index (κ3) is 1.99. The lowest BCUT2D eigenvalue weighted by atomic mass is 9.81. The molecule has 0 bridgehead atoms. The molecule has 1 heterocycles. The molecule has 0 aromatic heterocycles. The molecule has 1 N–H and O–H groups in total. The molecule has 1 aromatic carbocycles. The summed E-state index contributed by atoms with van der Waals surface area (Å²) in [5.41, 5.74) is -0.155. The van der Waals surface area contributed by atoms with Crippen LogP contribution in [0.15, 0.2) is 24.3 Å². The van der Waals surface area contributed by atoms with E-state index >= 15 is 0 Å². The molecule has 20 heavy (non-hydrogen) atoms. The molecule has 1 saturated carbocycles. The number of carbonyl (C=O) groups is 2. The van der Waals surface area contributed by atoms with Crippen molar-refractivity contribution in [1.29, 1.82) is 0 Å². The number of fused-ring (bicyclic) bond motifs is 1. The topological polar surface area (TPSA) is 57.6 Å². The van der Waals surface area contributed by atoms with Gasteiger partial charge >= 0.3 is 5.97 Å². The minimum Gasteiger partial charge on any atom is -0.481 e. The Balaban J connectivity index is 1.82. The number of carboxylic acid groups (broad SMARTS) is 1. The van der Waals surface area contributed by atoms with Gasteiger partial charge in [0.05, 0.1) is 5.41 Å². The Labute approximate surface area is 122 Å². The predicted octanol–water partition coefficient (Wildman–Crippen LogP) is 2.67. The zero-order valence-electron chi connectivity index (χ0n) is 11.0. The fourth-order valence-corrected chi connectivity index (χ4v) is 3.69. The Kier molecular flexibility index (Phi) is 3.21. The second kappa shape index (κ2) is 4.77. The number of halogens is 1. The van der Waals surface area contributed by atoms with Gasteiger partial charge in [-0.1, -0.05) is 18.0 Å². The molecule has 5 heteroatoms. The van der Waals surface area contributed by atoms with Gasteiger partial charge < -0.3 is 10.0 Å². The van der Waals surface area contributed by atoms with Crippen LogP contribution in [0.2, 0.25) is 5.02 Å². The van der Waals surface area contributed by atoms with Gasteiger partial charge in [0.25, 0.3) is 5.91 Å². The summed E-state index contributed by atoms with van der Waals surface area (Å²) >= 11 is 5.82. The largest absolute Gasteiger partial charge is 0.481 e. The number of aliphatic carboxylic acids is 1. The zero-order chi connectivity index (χ0) is 14.3. The molecule has 3 rings (SSSR count). The molecule has 4 nitrogen and oxygen atoms in total. The van der Waals surface area contributed by atoms with Crippen LogP contribution in [0.1, 0.15) is 29.6 Å². The highest BCUT2D eigenvalue weighted by atomic mass is 35.5. The van der Waals surface area contributed by atoms with Crippen molar-refractivity contribution in [2.75, 3.05) is 13.1 Å². The molecular formula is C15H16ClNO3. The Morgan fingerprint density at radius 2 is 2.00 bits per heavy atom. The number of benzene rings is 1. The van der Waals surface area contributed by atoms with Crippen LogP contribution in [0.4, 0.5) is 0 Å². The van der Waals surface area contributed by atoms with Crippen LogP contribution in [0.3, 0.4) is 0 Å². The van der Waals surface area contributed by atoms with E-state index in [1.165, 1.54) is 0 Å². The first-order chi connectivity index (χ1) is 9.53. The van der Waals surface area contributed by atoms with Crippen molar-refractivity contribution < 1.29 is 14.7 Å². The van der Waals surface area contributed by atoms with Gasteiger partial charge in [-0.2, -0.15) is 0 Å². The Bertz CT molecular complexity index is 557. The van der Waals surface area contributed by atoms with Crippen molar-refractivity contribution in [3.8, 4) is 0 Å². The van der Waals surface area contributed by atoms with Gasteiger partial charge in [-0.25, -0.2) is 0 Å². The summed E-state index contributed by atoms with van der Waals surface area (Å²) in [4.78, 5) is 25.7. The van der Waals surface area contributed by atoms with Crippen molar-refractivity contribution in [3.63, 3.8) is 0 Å². The molecule has 1 aromatic rings. The molecule has 1 amide bonds. The highest BCUT2D eigenvalue weighted by molar-refractivity contribution is 6.30. The number of likely N-dealkylation sites (tertiary alicyclic amines) is 1. The van der Waals surface area contributed by atoms with Crippen LogP contribution < -0.4 is 0 Å². The van der Waals surface area contributed by atoms with Crippen LogP contribution in [0.25, 0.3) is 0 Å². The van der Waals surface area contributed by atoms with Crippen LogP contribution in [0.5, 0.6) is 0 Å². The van der Waals surface area contributed by atoms with Gasteiger partial charge in [-0.15, -0.1) is 0 Å². The fraction of sp³-hybridized carbons (Fsp3) is 0.467. The second-order valence-electron chi connectivity index (χ2n) is 5.74. The third-order valence-corrected chi connectivity index (χ3v) is 4.93. The van der Waals surface area contributed by atoms with E-state index in [0.717, 1.165) is 12.8 Å². The standard InChI is InChI=1S/C15H16ClNO3/c16-12-5-3-10(4-6-12)13(18)17-8-11-2-1-7-15(11,9-17)14(19)20/h3-6,11H,1-2,7-9H2,(H,19,20)/t11-,15+/m0/s1. The first-order valence-corrected chi connectivity index (χ1v) is 7.19. The van der Waals surface area contributed by atoms with E-state index in [1.54, 1.807) is 29.2 Å². The van der Waals surface area contributed by atoms with Crippen LogP contribution in [-0.4, -0.2) is 35.0 Å². The molecule has 1 saturated heterocycles. The molecule has 0 radical (unpaired) electrons. The maximum Gasteiger partial charge on any atom is 0.311 e. The molecule has 2 atom stereocenters. The molecule has 0 unspecified atom stereocenters. The lowest BCUT2D eigenvalue weighted by molar-refractivity contribution is -0.149. The molecular weight excluding hydrogens is 278 g/mol. The maximum atomic E-state index is 12.4. The number of hydrogen-bond donors (Lipinski definition) is 1. The van der Waals surface area contributed by atoms with Crippen molar-refractivity contribution >= 4 is 23.5 Å². The highest BCUT2D eigenvalue weighted by Gasteiger charge is 2.55. The number of carboxylic acids is 1. The number of nitrogens with zero attached hydrogens (tertiary/aromatic N) is 1. The van der Waals surface area contributed by atoms with E-state index in [0.29, 0.717) is 30.1 Å². The van der Waals surface area contributed by atoms with Gasteiger partial charge in [-0.05, 0) is 43.0 Å². The van der Waals surface area contributed by atoms with E-state index in [1.807, 2.05) is 0 Å². The van der Waals surface area contributed by atoms with Crippen molar-refractivity contribution in [2.45, 2.75) is 19.3 Å². The minimum absolute atomic E-state index is 0.0938. The van der Waals surface area contributed by atoms with E-state index in [4.69, 9.17) is 11.6 Å². The quantitative estimate of drug-likeness (QED) is 0.912.